The van der Waals surface area contributed by atoms with Gasteiger partial charge in [-0.3, -0.25) is 4.98 Å². The molecule has 8 heteroatoms. The Morgan fingerprint density at radius 1 is 1.07 bits per heavy atom. The van der Waals surface area contributed by atoms with Crippen LogP contribution in [0, 0.1) is 11.6 Å². The third kappa shape index (κ3) is 3.08. The van der Waals surface area contributed by atoms with E-state index in [0.717, 1.165) is 12.0 Å². The number of imidazole rings is 1. The number of para-hydroxylation sites is 1. The molecule has 1 aliphatic heterocycles. The summed E-state index contributed by atoms with van der Waals surface area (Å²) in [6.07, 6.45) is 3.70. The van der Waals surface area contributed by atoms with Gasteiger partial charge in [-0.05, 0) is 24.6 Å². The lowest BCUT2D eigenvalue weighted by Crippen LogP contribution is -2.10. The van der Waals surface area contributed by atoms with Crippen LogP contribution >= 0.6 is 0 Å². The molecule has 2 aromatic heterocycles. The highest BCUT2D eigenvalue weighted by molar-refractivity contribution is 5.83. The standard InChI is InChI=1S/C22H15F4N3O/c23-13-7-12(10-27-11-13)15-8-19-17(9-16(15)24)28-21-6-5-18(29(19)21)14-3-1-2-4-20(14)30-22(25)26/h1-4,7-11,18,22H,5-6H2/t18-/m1/s1. The second kappa shape index (κ2) is 7.12. The maximum atomic E-state index is 14.7. The van der Waals surface area contributed by atoms with Crippen LogP contribution in [0.15, 0.2) is 54.9 Å². The monoisotopic (exact) mass is 413 g/mol. The third-order valence-electron chi connectivity index (χ3n) is 5.31. The normalized spacial score (nSPS) is 15.7. The lowest BCUT2D eigenvalue weighted by Gasteiger charge is -2.19. The first-order chi connectivity index (χ1) is 14.5. The number of aryl methyl sites for hydroxylation is 1. The van der Waals surface area contributed by atoms with Crippen LogP contribution in [0.1, 0.15) is 23.9 Å². The molecule has 3 heterocycles. The molecule has 5 rings (SSSR count). The summed E-state index contributed by atoms with van der Waals surface area (Å²) in [6.45, 7) is -2.94. The van der Waals surface area contributed by atoms with Crippen molar-refractivity contribution in [3.05, 3.63) is 77.9 Å². The van der Waals surface area contributed by atoms with Crippen LogP contribution in [-0.4, -0.2) is 21.1 Å². The zero-order valence-electron chi connectivity index (χ0n) is 15.5. The van der Waals surface area contributed by atoms with Crippen LogP contribution < -0.4 is 4.74 Å². The largest absolute Gasteiger partial charge is 0.434 e. The van der Waals surface area contributed by atoms with Crippen LogP contribution in [-0.2, 0) is 6.42 Å². The van der Waals surface area contributed by atoms with E-state index in [1.54, 1.807) is 24.3 Å². The number of fused-ring (bicyclic) bond motifs is 3. The Hall–Kier alpha value is -3.42. The summed E-state index contributed by atoms with van der Waals surface area (Å²) in [4.78, 5) is 8.31. The SMILES string of the molecule is Fc1cncc(-c2cc3c(cc2F)nc2n3[C@@H](c3ccccc3OC(F)F)CC2)c1. The van der Waals surface area contributed by atoms with E-state index >= 15 is 0 Å². The first-order valence-electron chi connectivity index (χ1n) is 9.36. The fourth-order valence-electron chi connectivity index (χ4n) is 4.12. The minimum atomic E-state index is -2.94. The van der Waals surface area contributed by atoms with E-state index < -0.39 is 18.2 Å². The molecule has 152 valence electrons. The summed E-state index contributed by atoms with van der Waals surface area (Å²) in [5.74, 6) is -0.272. The van der Waals surface area contributed by atoms with E-state index in [0.29, 0.717) is 35.0 Å². The Morgan fingerprint density at radius 2 is 1.90 bits per heavy atom. The van der Waals surface area contributed by atoms with Gasteiger partial charge in [0.1, 0.15) is 23.2 Å². The van der Waals surface area contributed by atoms with Crippen molar-refractivity contribution in [1.29, 1.82) is 0 Å². The molecule has 1 aliphatic rings. The van der Waals surface area contributed by atoms with Crippen molar-refractivity contribution in [2.45, 2.75) is 25.5 Å². The van der Waals surface area contributed by atoms with Gasteiger partial charge in [-0.1, -0.05) is 18.2 Å². The summed E-state index contributed by atoms with van der Waals surface area (Å²) in [5.41, 5.74) is 2.20. The van der Waals surface area contributed by atoms with Gasteiger partial charge in [0.05, 0.1) is 23.3 Å². The number of alkyl halides is 2. The highest BCUT2D eigenvalue weighted by Crippen LogP contribution is 2.40. The third-order valence-corrected chi connectivity index (χ3v) is 5.31. The topological polar surface area (TPSA) is 39.9 Å². The van der Waals surface area contributed by atoms with Crippen molar-refractivity contribution < 1.29 is 22.3 Å². The molecule has 30 heavy (non-hydrogen) atoms. The Kier molecular flexibility index (Phi) is 4.42. The van der Waals surface area contributed by atoms with Gasteiger partial charge in [-0.25, -0.2) is 13.8 Å². The molecule has 4 nitrogen and oxygen atoms in total. The molecule has 0 saturated carbocycles. The molecule has 0 saturated heterocycles. The smallest absolute Gasteiger partial charge is 0.387 e. The molecule has 0 bridgehead atoms. The molecular weight excluding hydrogens is 398 g/mol. The highest BCUT2D eigenvalue weighted by atomic mass is 19.3. The van der Waals surface area contributed by atoms with Crippen LogP contribution in [0.3, 0.4) is 0 Å². The second-order valence-electron chi connectivity index (χ2n) is 7.08. The molecule has 2 aromatic carbocycles. The van der Waals surface area contributed by atoms with Crippen LogP contribution in [0.5, 0.6) is 5.75 Å². The van der Waals surface area contributed by atoms with E-state index in [1.165, 1.54) is 24.4 Å². The molecule has 0 fully saturated rings. The minimum Gasteiger partial charge on any atom is -0.434 e. The molecule has 0 radical (unpaired) electrons. The summed E-state index contributed by atoms with van der Waals surface area (Å²) in [7, 11) is 0. The van der Waals surface area contributed by atoms with Gasteiger partial charge in [0, 0.05) is 35.4 Å². The first-order valence-corrected chi connectivity index (χ1v) is 9.36. The van der Waals surface area contributed by atoms with Gasteiger partial charge in [0.15, 0.2) is 0 Å². The van der Waals surface area contributed by atoms with Crippen molar-refractivity contribution in [1.82, 2.24) is 14.5 Å². The summed E-state index contributed by atoms with van der Waals surface area (Å²) in [5, 5.41) is 0. The van der Waals surface area contributed by atoms with Gasteiger partial charge in [0.25, 0.3) is 0 Å². The average molecular weight is 413 g/mol. The van der Waals surface area contributed by atoms with E-state index in [4.69, 9.17) is 4.74 Å². The van der Waals surface area contributed by atoms with E-state index in [1.807, 2.05) is 4.57 Å². The van der Waals surface area contributed by atoms with Gasteiger partial charge < -0.3 is 9.30 Å². The number of benzene rings is 2. The number of nitrogens with zero attached hydrogens (tertiary/aromatic N) is 3. The van der Waals surface area contributed by atoms with E-state index in [2.05, 4.69) is 9.97 Å². The molecule has 0 unspecified atom stereocenters. The number of halogens is 4. The van der Waals surface area contributed by atoms with Crippen molar-refractivity contribution >= 4 is 11.0 Å². The number of hydrogen-bond acceptors (Lipinski definition) is 3. The van der Waals surface area contributed by atoms with Crippen LogP contribution in [0.4, 0.5) is 17.6 Å². The Morgan fingerprint density at radius 3 is 2.70 bits per heavy atom. The maximum absolute atomic E-state index is 14.7. The quantitative estimate of drug-likeness (QED) is 0.414. The van der Waals surface area contributed by atoms with Gasteiger partial charge in [-0.15, -0.1) is 0 Å². The predicted octanol–water partition coefficient (Wildman–Crippen LogP) is 5.51. The highest BCUT2D eigenvalue weighted by Gasteiger charge is 2.30. The summed E-state index contributed by atoms with van der Waals surface area (Å²) >= 11 is 0. The molecule has 4 aromatic rings. The summed E-state index contributed by atoms with van der Waals surface area (Å²) < 4.78 is 60.7. The second-order valence-corrected chi connectivity index (χ2v) is 7.08. The van der Waals surface area contributed by atoms with Crippen LogP contribution in [0.25, 0.3) is 22.2 Å². The van der Waals surface area contributed by atoms with Crippen molar-refractivity contribution in [3.8, 4) is 16.9 Å². The fourth-order valence-corrected chi connectivity index (χ4v) is 4.12. The lowest BCUT2D eigenvalue weighted by molar-refractivity contribution is -0.0506. The fraction of sp³-hybridized carbons (Fsp3) is 0.182. The molecule has 0 N–H and O–H groups in total. The Bertz CT molecular complexity index is 1250. The maximum Gasteiger partial charge on any atom is 0.387 e. The molecule has 0 spiro atoms. The first kappa shape index (κ1) is 18.6. The number of rotatable bonds is 4. The van der Waals surface area contributed by atoms with E-state index in [-0.39, 0.29) is 17.4 Å². The number of hydrogen-bond donors (Lipinski definition) is 0. The number of pyridine rings is 1. The minimum absolute atomic E-state index is 0.101. The van der Waals surface area contributed by atoms with Gasteiger partial charge in [0.2, 0.25) is 0 Å². The van der Waals surface area contributed by atoms with Crippen LogP contribution in [0.2, 0.25) is 0 Å². The molecular formula is C22H15F4N3O. The van der Waals surface area contributed by atoms with Gasteiger partial charge in [-0.2, -0.15) is 8.78 Å². The molecule has 0 aliphatic carbocycles. The summed E-state index contributed by atoms with van der Waals surface area (Å²) in [6, 6.07) is 10.5. The van der Waals surface area contributed by atoms with Crippen molar-refractivity contribution in [2.24, 2.45) is 0 Å². The average Bonchev–Trinajstić information content (AvgIpc) is 3.26. The van der Waals surface area contributed by atoms with Crippen molar-refractivity contribution in [3.63, 3.8) is 0 Å². The van der Waals surface area contributed by atoms with Crippen molar-refractivity contribution in [2.75, 3.05) is 0 Å². The van der Waals surface area contributed by atoms with E-state index in [9.17, 15) is 17.6 Å². The Labute approximate surface area is 168 Å². The lowest BCUT2D eigenvalue weighted by atomic mass is 10.0. The zero-order chi connectivity index (χ0) is 20.8. The number of aromatic nitrogens is 3. The van der Waals surface area contributed by atoms with Gasteiger partial charge >= 0.3 is 6.61 Å². The molecule has 0 amide bonds. The zero-order valence-corrected chi connectivity index (χ0v) is 15.5. The predicted molar refractivity (Wildman–Crippen MR) is 102 cm³/mol. The Balaban J connectivity index is 1.67. The molecule has 1 atom stereocenters. The number of ether oxygens (including phenoxy) is 1.